The van der Waals surface area contributed by atoms with Gasteiger partial charge in [0.05, 0.1) is 11.9 Å². The second-order valence-corrected chi connectivity index (χ2v) is 2.85. The van der Waals surface area contributed by atoms with Crippen molar-refractivity contribution in [3.63, 3.8) is 0 Å². The Kier molecular flexibility index (Phi) is 2.18. The fourth-order valence-corrected chi connectivity index (χ4v) is 1.11. The van der Waals surface area contributed by atoms with Gasteiger partial charge in [0.15, 0.2) is 0 Å². The molecule has 0 saturated heterocycles. The lowest BCUT2D eigenvalue weighted by molar-refractivity contribution is -0.141. The molecular weight excluding hydrogens is 207 g/mol. The SMILES string of the molecule is FC(F)(F)c1ccc(-n2cccn2)cn1. The average Bonchev–Trinajstić information content (AvgIpc) is 2.69. The standard InChI is InChI=1S/C9H6F3N3/c10-9(11,12)8-3-2-7(6-13-8)15-5-1-4-14-15/h1-6H. The highest BCUT2D eigenvalue weighted by molar-refractivity contribution is 5.28. The van der Waals surface area contributed by atoms with Gasteiger partial charge in [0, 0.05) is 12.4 Å². The number of nitrogens with zero attached hydrogens (tertiary/aromatic N) is 3. The van der Waals surface area contributed by atoms with Gasteiger partial charge in [0.1, 0.15) is 5.69 Å². The smallest absolute Gasteiger partial charge is 0.250 e. The Morgan fingerprint density at radius 3 is 2.47 bits per heavy atom. The van der Waals surface area contributed by atoms with Crippen LogP contribution in [0.25, 0.3) is 5.69 Å². The molecule has 0 atom stereocenters. The van der Waals surface area contributed by atoms with Gasteiger partial charge >= 0.3 is 6.18 Å². The molecule has 0 unspecified atom stereocenters. The number of hydrogen-bond donors (Lipinski definition) is 0. The predicted molar refractivity (Wildman–Crippen MR) is 46.4 cm³/mol. The lowest BCUT2D eigenvalue weighted by atomic mass is 10.3. The summed E-state index contributed by atoms with van der Waals surface area (Å²) in [7, 11) is 0. The van der Waals surface area contributed by atoms with E-state index in [1.807, 2.05) is 0 Å². The van der Waals surface area contributed by atoms with Crippen molar-refractivity contribution in [1.29, 1.82) is 0 Å². The summed E-state index contributed by atoms with van der Waals surface area (Å²) in [5.41, 5.74) is -0.411. The molecule has 15 heavy (non-hydrogen) atoms. The lowest BCUT2D eigenvalue weighted by Crippen LogP contribution is -2.08. The van der Waals surface area contributed by atoms with Gasteiger partial charge in [-0.1, -0.05) is 0 Å². The molecule has 0 spiro atoms. The van der Waals surface area contributed by atoms with Gasteiger partial charge in [-0.2, -0.15) is 18.3 Å². The van der Waals surface area contributed by atoms with Crippen molar-refractivity contribution >= 4 is 0 Å². The van der Waals surface area contributed by atoms with Crippen LogP contribution in [0.2, 0.25) is 0 Å². The van der Waals surface area contributed by atoms with E-state index in [0.717, 1.165) is 12.3 Å². The molecule has 0 aliphatic rings. The van der Waals surface area contributed by atoms with Gasteiger partial charge in [0.2, 0.25) is 0 Å². The van der Waals surface area contributed by atoms with Gasteiger partial charge in [-0.25, -0.2) is 9.67 Å². The van der Waals surface area contributed by atoms with Crippen LogP contribution in [0.4, 0.5) is 13.2 Å². The van der Waals surface area contributed by atoms with Gasteiger partial charge < -0.3 is 0 Å². The maximum absolute atomic E-state index is 12.2. The molecule has 0 bridgehead atoms. The minimum Gasteiger partial charge on any atom is -0.250 e. The molecule has 0 fully saturated rings. The van der Waals surface area contributed by atoms with Gasteiger partial charge in [-0.3, -0.25) is 0 Å². The number of pyridine rings is 1. The summed E-state index contributed by atoms with van der Waals surface area (Å²) in [6.07, 6.45) is -0.0968. The Balaban J connectivity index is 2.33. The first kappa shape index (κ1) is 9.70. The molecule has 6 heteroatoms. The Morgan fingerprint density at radius 1 is 1.20 bits per heavy atom. The fourth-order valence-electron chi connectivity index (χ4n) is 1.11. The first-order valence-corrected chi connectivity index (χ1v) is 4.10. The van der Waals surface area contributed by atoms with E-state index < -0.39 is 11.9 Å². The predicted octanol–water partition coefficient (Wildman–Crippen LogP) is 2.29. The van der Waals surface area contributed by atoms with Crippen LogP contribution in [0, 0.1) is 0 Å². The summed E-state index contributed by atoms with van der Waals surface area (Å²) in [6.45, 7) is 0. The van der Waals surface area contributed by atoms with Crippen LogP contribution in [0.5, 0.6) is 0 Å². The van der Waals surface area contributed by atoms with E-state index in [1.54, 1.807) is 12.3 Å². The zero-order valence-electron chi connectivity index (χ0n) is 7.44. The molecule has 0 aromatic carbocycles. The fraction of sp³-hybridized carbons (Fsp3) is 0.111. The molecule has 0 saturated carbocycles. The second-order valence-electron chi connectivity index (χ2n) is 2.85. The summed E-state index contributed by atoms with van der Waals surface area (Å²) in [5, 5.41) is 3.87. The number of aromatic nitrogens is 3. The Bertz CT molecular complexity index is 431. The molecule has 0 amide bonds. The molecule has 0 radical (unpaired) electrons. The first-order chi connectivity index (χ1) is 7.07. The van der Waals surface area contributed by atoms with E-state index >= 15 is 0 Å². The van der Waals surface area contributed by atoms with Crippen LogP contribution in [0.1, 0.15) is 5.69 Å². The van der Waals surface area contributed by atoms with Crippen LogP contribution in [-0.2, 0) is 6.18 Å². The highest BCUT2D eigenvalue weighted by Crippen LogP contribution is 2.27. The van der Waals surface area contributed by atoms with Crippen molar-refractivity contribution in [2.75, 3.05) is 0 Å². The van der Waals surface area contributed by atoms with E-state index in [4.69, 9.17) is 0 Å². The summed E-state index contributed by atoms with van der Waals surface area (Å²) in [5.74, 6) is 0. The van der Waals surface area contributed by atoms with Gasteiger partial charge in [-0.05, 0) is 18.2 Å². The molecule has 2 heterocycles. The minimum atomic E-state index is -4.40. The molecule has 0 N–H and O–H groups in total. The topological polar surface area (TPSA) is 30.7 Å². The summed E-state index contributed by atoms with van der Waals surface area (Å²) < 4.78 is 38.0. The quantitative estimate of drug-likeness (QED) is 0.727. The second kappa shape index (κ2) is 3.38. The average molecular weight is 213 g/mol. The van der Waals surface area contributed by atoms with Gasteiger partial charge in [0.25, 0.3) is 0 Å². The summed E-state index contributed by atoms with van der Waals surface area (Å²) in [6, 6.07) is 3.93. The van der Waals surface area contributed by atoms with Crippen molar-refractivity contribution in [2.45, 2.75) is 6.18 Å². The zero-order chi connectivity index (χ0) is 10.9. The van der Waals surface area contributed by atoms with Crippen molar-refractivity contribution in [2.24, 2.45) is 0 Å². The Morgan fingerprint density at radius 2 is 2.00 bits per heavy atom. The largest absolute Gasteiger partial charge is 0.433 e. The Hall–Kier alpha value is -1.85. The van der Waals surface area contributed by atoms with Gasteiger partial charge in [-0.15, -0.1) is 0 Å². The molecule has 2 rings (SSSR count). The molecule has 78 valence electrons. The van der Waals surface area contributed by atoms with Crippen LogP contribution < -0.4 is 0 Å². The van der Waals surface area contributed by atoms with Crippen molar-refractivity contribution in [3.05, 3.63) is 42.5 Å². The van der Waals surface area contributed by atoms with E-state index in [9.17, 15) is 13.2 Å². The maximum Gasteiger partial charge on any atom is 0.433 e. The monoisotopic (exact) mass is 213 g/mol. The van der Waals surface area contributed by atoms with E-state index in [2.05, 4.69) is 10.1 Å². The molecule has 2 aromatic rings. The van der Waals surface area contributed by atoms with Crippen LogP contribution in [0.15, 0.2) is 36.8 Å². The first-order valence-electron chi connectivity index (χ1n) is 4.10. The van der Waals surface area contributed by atoms with E-state index in [-0.39, 0.29) is 0 Å². The van der Waals surface area contributed by atoms with Crippen molar-refractivity contribution in [1.82, 2.24) is 14.8 Å². The van der Waals surface area contributed by atoms with Crippen LogP contribution >= 0.6 is 0 Å². The third-order valence-electron chi connectivity index (χ3n) is 1.81. The summed E-state index contributed by atoms with van der Waals surface area (Å²) in [4.78, 5) is 3.32. The molecule has 0 aliphatic carbocycles. The highest BCUT2D eigenvalue weighted by Gasteiger charge is 2.32. The van der Waals surface area contributed by atoms with E-state index in [0.29, 0.717) is 5.69 Å². The number of halogens is 3. The third-order valence-corrected chi connectivity index (χ3v) is 1.81. The summed E-state index contributed by atoms with van der Waals surface area (Å²) >= 11 is 0. The van der Waals surface area contributed by atoms with Crippen molar-refractivity contribution in [3.8, 4) is 5.69 Å². The van der Waals surface area contributed by atoms with Crippen molar-refractivity contribution < 1.29 is 13.2 Å². The molecule has 2 aromatic heterocycles. The maximum atomic E-state index is 12.2. The molecule has 3 nitrogen and oxygen atoms in total. The van der Waals surface area contributed by atoms with Crippen LogP contribution in [0.3, 0.4) is 0 Å². The lowest BCUT2D eigenvalue weighted by Gasteiger charge is -2.06. The number of rotatable bonds is 1. The Labute approximate surface area is 83.2 Å². The minimum absolute atomic E-state index is 0.494. The molecular formula is C9H6F3N3. The number of alkyl halides is 3. The normalized spacial score (nSPS) is 11.7. The molecule has 0 aliphatic heterocycles. The number of hydrogen-bond acceptors (Lipinski definition) is 2. The third kappa shape index (κ3) is 1.98. The highest BCUT2D eigenvalue weighted by atomic mass is 19.4. The van der Waals surface area contributed by atoms with Crippen LogP contribution in [-0.4, -0.2) is 14.8 Å². The zero-order valence-corrected chi connectivity index (χ0v) is 7.44. The van der Waals surface area contributed by atoms with E-state index in [1.165, 1.54) is 16.9 Å².